The van der Waals surface area contributed by atoms with E-state index < -0.39 is 0 Å². The second-order valence-electron chi connectivity index (χ2n) is 9.13. The third-order valence-corrected chi connectivity index (χ3v) is 7.84. The Morgan fingerprint density at radius 1 is 1.09 bits per heavy atom. The molecule has 3 aromatic rings. The number of H-pyrrole nitrogens is 1. The van der Waals surface area contributed by atoms with Crippen LogP contribution in [-0.4, -0.2) is 64.7 Å². The minimum atomic E-state index is 0.165. The number of amides is 1. The highest BCUT2D eigenvalue weighted by Crippen LogP contribution is 2.33. The number of carbonyl (C=O) groups excluding carboxylic acids is 1. The first-order valence-electron chi connectivity index (χ1n) is 11.7. The molecule has 0 radical (unpaired) electrons. The normalized spacial score (nSPS) is 20.1. The Hall–Kier alpha value is -2.12. The maximum atomic E-state index is 12.7. The number of piperidine rings is 1. The number of aromatic amines is 1. The molecule has 0 bridgehead atoms. The number of likely N-dealkylation sites (tertiary alicyclic amines) is 2. The van der Waals surface area contributed by atoms with Gasteiger partial charge in [0.05, 0.1) is 28.3 Å². The molecule has 33 heavy (non-hydrogen) atoms. The molecule has 1 amide bonds. The second kappa shape index (κ2) is 10.0. The van der Waals surface area contributed by atoms with Crippen LogP contribution >= 0.6 is 23.2 Å². The van der Waals surface area contributed by atoms with Crippen molar-refractivity contribution in [3.05, 3.63) is 63.8 Å². The molecule has 2 aliphatic rings. The van der Waals surface area contributed by atoms with Gasteiger partial charge in [-0.3, -0.25) is 14.8 Å². The zero-order valence-electron chi connectivity index (χ0n) is 18.6. The molecule has 1 unspecified atom stereocenters. The number of carbonyl (C=O) groups is 1. The average Bonchev–Trinajstić information content (AvgIpc) is 3.51. The number of nitrogens with one attached hydrogen (secondary N) is 2. The van der Waals surface area contributed by atoms with Crippen LogP contribution in [-0.2, 0) is 11.3 Å². The molecule has 6 nitrogen and oxygen atoms in total. The summed E-state index contributed by atoms with van der Waals surface area (Å²) < 4.78 is 0. The van der Waals surface area contributed by atoms with Gasteiger partial charge in [0.1, 0.15) is 0 Å². The number of para-hydroxylation sites is 1. The van der Waals surface area contributed by atoms with Crippen LogP contribution in [0.25, 0.3) is 10.9 Å². The van der Waals surface area contributed by atoms with Crippen molar-refractivity contribution in [2.45, 2.75) is 37.8 Å². The molecule has 2 aromatic carbocycles. The molecule has 0 aliphatic carbocycles. The standard InChI is InChI=1S/C25H29Cl2N5O/c26-22-5-4-17(12-23(22)27)13-28-15-24(33)32-11-8-20(16-32)31-9-6-18(7-10-31)21-3-1-2-19-14-29-30-25(19)21/h1-5,12,14,18,20,28H,6-11,13,15-16H2,(H,29,30). The summed E-state index contributed by atoms with van der Waals surface area (Å²) >= 11 is 12.0. The van der Waals surface area contributed by atoms with E-state index in [1.165, 1.54) is 16.5 Å². The van der Waals surface area contributed by atoms with Crippen LogP contribution in [0.15, 0.2) is 42.6 Å². The van der Waals surface area contributed by atoms with Crippen LogP contribution in [0.1, 0.15) is 36.3 Å². The average molecular weight is 486 g/mol. The lowest BCUT2D eigenvalue weighted by Crippen LogP contribution is -2.44. The summed E-state index contributed by atoms with van der Waals surface area (Å²) in [5, 5.41) is 12.9. The quantitative estimate of drug-likeness (QED) is 0.541. The summed E-state index contributed by atoms with van der Waals surface area (Å²) in [5.74, 6) is 0.730. The van der Waals surface area contributed by atoms with E-state index in [1.54, 1.807) is 6.07 Å². The molecule has 2 fully saturated rings. The lowest BCUT2D eigenvalue weighted by atomic mass is 9.87. The van der Waals surface area contributed by atoms with Crippen molar-refractivity contribution in [3.63, 3.8) is 0 Å². The molecule has 1 atom stereocenters. The molecule has 3 heterocycles. The van der Waals surface area contributed by atoms with Crippen LogP contribution in [0, 0.1) is 0 Å². The molecule has 8 heteroatoms. The molecule has 2 aliphatic heterocycles. The zero-order chi connectivity index (χ0) is 22.8. The minimum Gasteiger partial charge on any atom is -0.340 e. The lowest BCUT2D eigenvalue weighted by Gasteiger charge is -2.36. The maximum Gasteiger partial charge on any atom is 0.236 e. The van der Waals surface area contributed by atoms with E-state index in [-0.39, 0.29) is 5.91 Å². The van der Waals surface area contributed by atoms with Gasteiger partial charge >= 0.3 is 0 Å². The first-order valence-corrected chi connectivity index (χ1v) is 12.4. The Balaban J connectivity index is 1.08. The second-order valence-corrected chi connectivity index (χ2v) is 9.94. The lowest BCUT2D eigenvalue weighted by molar-refractivity contribution is -0.129. The van der Waals surface area contributed by atoms with Gasteiger partial charge in [0.25, 0.3) is 0 Å². The first kappa shape index (κ1) is 22.7. The zero-order valence-corrected chi connectivity index (χ0v) is 20.1. The highest BCUT2D eigenvalue weighted by Gasteiger charge is 2.33. The summed E-state index contributed by atoms with van der Waals surface area (Å²) in [7, 11) is 0. The fraction of sp³-hybridized carbons (Fsp3) is 0.440. The monoisotopic (exact) mass is 485 g/mol. The van der Waals surface area contributed by atoms with E-state index >= 15 is 0 Å². The van der Waals surface area contributed by atoms with Crippen molar-refractivity contribution in [1.82, 2.24) is 25.3 Å². The van der Waals surface area contributed by atoms with Crippen LogP contribution in [0.3, 0.4) is 0 Å². The van der Waals surface area contributed by atoms with Crippen LogP contribution in [0.2, 0.25) is 10.0 Å². The van der Waals surface area contributed by atoms with E-state index in [9.17, 15) is 4.79 Å². The van der Waals surface area contributed by atoms with Gasteiger partial charge in [-0.1, -0.05) is 47.5 Å². The van der Waals surface area contributed by atoms with Gasteiger partial charge in [-0.15, -0.1) is 0 Å². The van der Waals surface area contributed by atoms with E-state index in [0.29, 0.717) is 35.1 Å². The topological polar surface area (TPSA) is 64.3 Å². The summed E-state index contributed by atoms with van der Waals surface area (Å²) in [5.41, 5.74) is 3.59. The summed E-state index contributed by atoms with van der Waals surface area (Å²) in [6.45, 7) is 4.76. The Kier molecular flexibility index (Phi) is 6.88. The van der Waals surface area contributed by atoms with Gasteiger partial charge < -0.3 is 10.2 Å². The van der Waals surface area contributed by atoms with Gasteiger partial charge in [-0.25, -0.2) is 0 Å². The fourth-order valence-corrected chi connectivity index (χ4v) is 5.57. The van der Waals surface area contributed by atoms with Crippen molar-refractivity contribution in [1.29, 1.82) is 0 Å². The van der Waals surface area contributed by atoms with E-state index in [1.807, 2.05) is 23.2 Å². The fourth-order valence-electron chi connectivity index (χ4n) is 5.25. The number of hydrogen-bond acceptors (Lipinski definition) is 4. The Bertz CT molecular complexity index is 1120. The predicted octanol–water partition coefficient (Wildman–Crippen LogP) is 4.44. The van der Waals surface area contributed by atoms with Gasteiger partial charge in [0.2, 0.25) is 5.91 Å². The van der Waals surface area contributed by atoms with Crippen molar-refractivity contribution in [2.75, 3.05) is 32.7 Å². The van der Waals surface area contributed by atoms with Crippen LogP contribution < -0.4 is 5.32 Å². The number of rotatable bonds is 6. The highest BCUT2D eigenvalue weighted by atomic mass is 35.5. The molecular weight excluding hydrogens is 457 g/mol. The SMILES string of the molecule is O=C(CNCc1ccc(Cl)c(Cl)c1)N1CCC(N2CCC(c3cccc4cn[nH]c34)CC2)C1. The smallest absolute Gasteiger partial charge is 0.236 e. The Morgan fingerprint density at radius 3 is 2.76 bits per heavy atom. The van der Waals surface area contributed by atoms with Crippen molar-refractivity contribution in [2.24, 2.45) is 0 Å². The van der Waals surface area contributed by atoms with Gasteiger partial charge in [0, 0.05) is 31.1 Å². The predicted molar refractivity (Wildman–Crippen MR) is 133 cm³/mol. The number of halogens is 2. The van der Waals surface area contributed by atoms with Crippen molar-refractivity contribution < 1.29 is 4.79 Å². The number of aromatic nitrogens is 2. The third-order valence-electron chi connectivity index (χ3n) is 7.10. The number of fused-ring (bicyclic) bond motifs is 1. The van der Waals surface area contributed by atoms with Crippen LogP contribution in [0.5, 0.6) is 0 Å². The number of nitrogens with zero attached hydrogens (tertiary/aromatic N) is 3. The van der Waals surface area contributed by atoms with Crippen molar-refractivity contribution in [3.8, 4) is 0 Å². The van der Waals surface area contributed by atoms with Gasteiger partial charge in [0.15, 0.2) is 0 Å². The molecule has 1 aromatic heterocycles. The number of benzene rings is 2. The van der Waals surface area contributed by atoms with E-state index in [2.05, 4.69) is 38.6 Å². The summed E-state index contributed by atoms with van der Waals surface area (Å²) in [6.07, 6.45) is 5.25. The first-order chi connectivity index (χ1) is 16.1. The van der Waals surface area contributed by atoms with Gasteiger partial charge in [-0.05, 0) is 61.5 Å². The molecule has 174 valence electrons. The molecule has 0 spiro atoms. The van der Waals surface area contributed by atoms with Crippen LogP contribution in [0.4, 0.5) is 0 Å². The maximum absolute atomic E-state index is 12.7. The largest absolute Gasteiger partial charge is 0.340 e. The highest BCUT2D eigenvalue weighted by molar-refractivity contribution is 6.42. The van der Waals surface area contributed by atoms with Crippen molar-refractivity contribution >= 4 is 40.0 Å². The minimum absolute atomic E-state index is 0.165. The number of hydrogen-bond donors (Lipinski definition) is 2. The Labute approximate surface area is 204 Å². The van der Waals surface area contributed by atoms with E-state index in [4.69, 9.17) is 23.2 Å². The summed E-state index contributed by atoms with van der Waals surface area (Å²) in [4.78, 5) is 17.3. The van der Waals surface area contributed by atoms with Gasteiger partial charge in [-0.2, -0.15) is 5.10 Å². The molecule has 2 saturated heterocycles. The third kappa shape index (κ3) is 5.04. The summed E-state index contributed by atoms with van der Waals surface area (Å²) in [6, 6.07) is 12.5. The van der Waals surface area contributed by atoms with E-state index in [0.717, 1.165) is 51.0 Å². The Morgan fingerprint density at radius 2 is 1.94 bits per heavy atom. The molecule has 2 N–H and O–H groups in total. The molecular formula is C25H29Cl2N5O. The molecule has 5 rings (SSSR count). The molecule has 0 saturated carbocycles.